The number of likely N-dealkylation sites (N-methyl/N-ethyl adjacent to an activating group) is 1. The lowest BCUT2D eigenvalue weighted by Gasteiger charge is -2.46. The molecule has 2 fully saturated rings. The van der Waals surface area contributed by atoms with Crippen LogP contribution in [0.1, 0.15) is 0 Å². The first-order valence-electron chi connectivity index (χ1n) is 8.32. The summed E-state index contributed by atoms with van der Waals surface area (Å²) in [7, 11) is -1.35. The first-order chi connectivity index (χ1) is 11.6. The lowest BCUT2D eigenvalue weighted by Crippen LogP contribution is -2.63. The van der Waals surface area contributed by atoms with E-state index in [1.54, 1.807) is 22.6 Å². The van der Waals surface area contributed by atoms with Crippen molar-refractivity contribution in [2.75, 3.05) is 46.3 Å². The van der Waals surface area contributed by atoms with Gasteiger partial charge in [0.2, 0.25) is 10.0 Å². The second-order valence-corrected chi connectivity index (χ2v) is 8.55. The van der Waals surface area contributed by atoms with E-state index in [1.165, 1.54) is 0 Å². The minimum Gasteiger partial charge on any atom is -0.304 e. The maximum absolute atomic E-state index is 13.0. The van der Waals surface area contributed by atoms with E-state index in [2.05, 4.69) is 21.8 Å². The lowest BCUT2D eigenvalue weighted by molar-refractivity contribution is 0.0484. The highest BCUT2D eigenvalue weighted by Crippen LogP contribution is 2.28. The molecule has 24 heavy (non-hydrogen) atoms. The first-order valence-corrected chi connectivity index (χ1v) is 9.76. The summed E-state index contributed by atoms with van der Waals surface area (Å²) in [4.78, 5) is 9.32. The fraction of sp³-hybridized carbons (Fsp3) is 0.471. The van der Waals surface area contributed by atoms with Crippen molar-refractivity contribution in [3.05, 3.63) is 36.5 Å². The quantitative estimate of drug-likeness (QED) is 0.825. The van der Waals surface area contributed by atoms with Crippen LogP contribution in [0.5, 0.6) is 0 Å². The molecule has 6 nitrogen and oxygen atoms in total. The van der Waals surface area contributed by atoms with Gasteiger partial charge < -0.3 is 4.90 Å². The zero-order chi connectivity index (χ0) is 16.7. The summed E-state index contributed by atoms with van der Waals surface area (Å²) in [5.41, 5.74) is 0.558. The van der Waals surface area contributed by atoms with E-state index in [0.29, 0.717) is 29.5 Å². The SMILES string of the molecule is CN1CCN(C2CN(S(=O)(=O)c3cccc4cccnc34)C2)CC1. The Balaban J connectivity index is 1.52. The fourth-order valence-electron chi connectivity index (χ4n) is 3.45. The van der Waals surface area contributed by atoms with Crippen LogP contribution in [0.3, 0.4) is 0 Å². The molecular weight excluding hydrogens is 324 g/mol. The number of pyridine rings is 1. The fourth-order valence-corrected chi connectivity index (χ4v) is 5.13. The molecule has 0 N–H and O–H groups in total. The number of rotatable bonds is 3. The molecule has 2 aromatic rings. The van der Waals surface area contributed by atoms with Crippen molar-refractivity contribution in [3.8, 4) is 0 Å². The van der Waals surface area contributed by atoms with Crippen LogP contribution in [0.4, 0.5) is 0 Å². The Hall–Kier alpha value is -1.54. The van der Waals surface area contributed by atoms with E-state index in [4.69, 9.17) is 0 Å². The van der Waals surface area contributed by atoms with E-state index in [9.17, 15) is 8.42 Å². The highest BCUT2D eigenvalue weighted by atomic mass is 32.2. The van der Waals surface area contributed by atoms with E-state index in [0.717, 1.165) is 31.6 Å². The minimum atomic E-state index is -3.48. The molecule has 0 bridgehead atoms. The number of para-hydroxylation sites is 1. The Labute approximate surface area is 142 Å². The highest BCUT2D eigenvalue weighted by Gasteiger charge is 2.40. The van der Waals surface area contributed by atoms with Crippen LogP contribution in [0.25, 0.3) is 10.9 Å². The average Bonchev–Trinajstić information content (AvgIpc) is 2.54. The summed E-state index contributed by atoms with van der Waals surface area (Å²) in [5.74, 6) is 0. The van der Waals surface area contributed by atoms with E-state index < -0.39 is 10.0 Å². The standard InChI is InChI=1S/C17H22N4O2S/c1-19-8-10-20(11-9-19)15-12-21(13-15)24(22,23)16-6-2-4-14-5-3-7-18-17(14)16/h2-7,15H,8-13H2,1H3. The summed E-state index contributed by atoms with van der Waals surface area (Å²) >= 11 is 0. The minimum absolute atomic E-state index is 0.317. The molecule has 1 aromatic carbocycles. The van der Waals surface area contributed by atoms with Crippen molar-refractivity contribution in [2.24, 2.45) is 0 Å². The zero-order valence-corrected chi connectivity index (χ0v) is 14.6. The van der Waals surface area contributed by atoms with Crippen molar-refractivity contribution >= 4 is 20.9 Å². The zero-order valence-electron chi connectivity index (χ0n) is 13.8. The second-order valence-electron chi connectivity index (χ2n) is 6.65. The van der Waals surface area contributed by atoms with Crippen LogP contribution in [0, 0.1) is 0 Å². The van der Waals surface area contributed by atoms with Gasteiger partial charge in [-0.05, 0) is 19.2 Å². The number of hydrogen-bond donors (Lipinski definition) is 0. The molecule has 0 unspecified atom stereocenters. The highest BCUT2D eigenvalue weighted by molar-refractivity contribution is 7.89. The topological polar surface area (TPSA) is 56.8 Å². The van der Waals surface area contributed by atoms with Gasteiger partial charge in [0.05, 0.1) is 5.52 Å². The predicted molar refractivity (Wildman–Crippen MR) is 93.4 cm³/mol. The maximum Gasteiger partial charge on any atom is 0.245 e. The van der Waals surface area contributed by atoms with Crippen molar-refractivity contribution < 1.29 is 8.42 Å². The van der Waals surface area contributed by atoms with Crippen LogP contribution in [-0.2, 0) is 10.0 Å². The smallest absolute Gasteiger partial charge is 0.245 e. The van der Waals surface area contributed by atoms with Gasteiger partial charge in [0.15, 0.2) is 0 Å². The van der Waals surface area contributed by atoms with Gasteiger partial charge in [0.25, 0.3) is 0 Å². The summed E-state index contributed by atoms with van der Waals surface area (Å²) in [6.07, 6.45) is 1.64. The predicted octanol–water partition coefficient (Wildman–Crippen LogP) is 0.855. The molecule has 0 amide bonds. The van der Waals surface area contributed by atoms with Crippen LogP contribution < -0.4 is 0 Å². The van der Waals surface area contributed by atoms with Crippen molar-refractivity contribution in [3.63, 3.8) is 0 Å². The summed E-state index contributed by atoms with van der Waals surface area (Å²) < 4.78 is 27.5. The number of piperazine rings is 1. The van der Waals surface area contributed by atoms with E-state index >= 15 is 0 Å². The molecule has 2 aliphatic rings. The van der Waals surface area contributed by atoms with Crippen LogP contribution in [0.15, 0.2) is 41.4 Å². The molecule has 0 atom stereocenters. The van der Waals surface area contributed by atoms with Gasteiger partial charge in [-0.1, -0.05) is 18.2 Å². The maximum atomic E-state index is 13.0. The van der Waals surface area contributed by atoms with Crippen molar-refractivity contribution in [1.82, 2.24) is 19.1 Å². The van der Waals surface area contributed by atoms with Crippen molar-refractivity contribution in [1.29, 1.82) is 0 Å². The van der Waals surface area contributed by atoms with Gasteiger partial charge in [0.1, 0.15) is 4.90 Å². The van der Waals surface area contributed by atoms with Gasteiger partial charge in [-0.15, -0.1) is 0 Å². The van der Waals surface area contributed by atoms with Gasteiger partial charge >= 0.3 is 0 Å². The molecule has 1 aromatic heterocycles. The molecule has 0 radical (unpaired) electrons. The van der Waals surface area contributed by atoms with Gasteiger partial charge in [-0.2, -0.15) is 4.31 Å². The van der Waals surface area contributed by atoms with E-state index in [-0.39, 0.29) is 0 Å². The lowest BCUT2D eigenvalue weighted by atomic mass is 10.1. The summed E-state index contributed by atoms with van der Waals surface area (Å²) in [6.45, 7) is 5.30. The molecule has 0 saturated carbocycles. The first kappa shape index (κ1) is 16.0. The molecule has 4 rings (SSSR count). The largest absolute Gasteiger partial charge is 0.304 e. The Bertz CT molecular complexity index is 835. The molecule has 0 spiro atoms. The number of benzene rings is 1. The molecule has 7 heteroatoms. The summed E-state index contributed by atoms with van der Waals surface area (Å²) in [6, 6.07) is 9.40. The van der Waals surface area contributed by atoms with Crippen LogP contribution in [-0.4, -0.2) is 79.9 Å². The van der Waals surface area contributed by atoms with Gasteiger partial charge in [0, 0.05) is 56.9 Å². The molecule has 0 aliphatic carbocycles. The number of hydrogen-bond acceptors (Lipinski definition) is 5. The number of nitrogens with zero attached hydrogens (tertiary/aromatic N) is 4. The molecule has 3 heterocycles. The molecular formula is C17H22N4O2S. The van der Waals surface area contributed by atoms with Gasteiger partial charge in [-0.3, -0.25) is 9.88 Å². The Morgan fingerprint density at radius 3 is 2.50 bits per heavy atom. The van der Waals surface area contributed by atoms with Crippen molar-refractivity contribution in [2.45, 2.75) is 10.9 Å². The van der Waals surface area contributed by atoms with Gasteiger partial charge in [-0.25, -0.2) is 8.42 Å². The van der Waals surface area contributed by atoms with Crippen LogP contribution in [0.2, 0.25) is 0 Å². The third kappa shape index (κ3) is 2.71. The van der Waals surface area contributed by atoms with E-state index in [1.807, 2.05) is 18.2 Å². The summed E-state index contributed by atoms with van der Waals surface area (Å²) in [5, 5.41) is 0.856. The number of fused-ring (bicyclic) bond motifs is 1. The Kier molecular flexibility index (Phi) is 4.04. The van der Waals surface area contributed by atoms with Crippen LogP contribution >= 0.6 is 0 Å². The number of sulfonamides is 1. The number of aromatic nitrogens is 1. The third-order valence-electron chi connectivity index (χ3n) is 5.10. The Morgan fingerprint density at radius 1 is 1.04 bits per heavy atom. The second kappa shape index (κ2) is 6.07. The monoisotopic (exact) mass is 346 g/mol. The normalized spacial score (nSPS) is 21.9. The molecule has 2 aliphatic heterocycles. The Morgan fingerprint density at radius 2 is 1.75 bits per heavy atom. The molecule has 2 saturated heterocycles. The average molecular weight is 346 g/mol. The molecule has 128 valence electrons. The third-order valence-corrected chi connectivity index (χ3v) is 6.96.